The van der Waals surface area contributed by atoms with Gasteiger partial charge in [-0.15, -0.1) is 0 Å². The highest BCUT2D eigenvalue weighted by atomic mass is 19.1. The van der Waals surface area contributed by atoms with Crippen molar-refractivity contribution in [3.05, 3.63) is 65.9 Å². The molecule has 21 heavy (non-hydrogen) atoms. The molecule has 3 rings (SSSR count). The summed E-state index contributed by atoms with van der Waals surface area (Å²) in [7, 11) is 0. The first-order chi connectivity index (χ1) is 10.1. The molecular formula is C16H12FN3O. The van der Waals surface area contributed by atoms with Crippen molar-refractivity contribution in [3.8, 4) is 0 Å². The fourth-order valence-corrected chi connectivity index (χ4v) is 2.17. The number of halogens is 1. The van der Waals surface area contributed by atoms with Crippen LogP contribution in [0, 0.1) is 12.7 Å². The third-order valence-corrected chi connectivity index (χ3v) is 3.15. The summed E-state index contributed by atoms with van der Waals surface area (Å²) >= 11 is 0. The molecule has 5 heteroatoms. The van der Waals surface area contributed by atoms with E-state index >= 15 is 0 Å². The third kappa shape index (κ3) is 2.58. The van der Waals surface area contributed by atoms with Crippen molar-refractivity contribution in [2.45, 2.75) is 6.92 Å². The van der Waals surface area contributed by atoms with E-state index in [1.807, 2.05) is 18.2 Å². The number of benzene rings is 1. The van der Waals surface area contributed by atoms with Gasteiger partial charge in [0.25, 0.3) is 5.91 Å². The molecule has 1 N–H and O–H groups in total. The summed E-state index contributed by atoms with van der Waals surface area (Å²) in [6, 6.07) is 10.4. The molecule has 0 aliphatic rings. The lowest BCUT2D eigenvalue weighted by atomic mass is 10.1. The molecule has 1 amide bonds. The summed E-state index contributed by atoms with van der Waals surface area (Å²) in [4.78, 5) is 20.4. The molecule has 2 heterocycles. The minimum absolute atomic E-state index is 0.206. The highest BCUT2D eigenvalue weighted by Gasteiger charge is 2.13. The number of aryl methyl sites for hydroxylation is 1. The van der Waals surface area contributed by atoms with E-state index in [1.165, 1.54) is 6.07 Å². The summed E-state index contributed by atoms with van der Waals surface area (Å²) in [6.07, 6.45) is 2.73. The van der Waals surface area contributed by atoms with Crippen molar-refractivity contribution in [3.63, 3.8) is 0 Å². The van der Waals surface area contributed by atoms with E-state index in [0.717, 1.165) is 17.1 Å². The second-order valence-electron chi connectivity index (χ2n) is 4.65. The minimum Gasteiger partial charge on any atom is -0.320 e. The second kappa shape index (κ2) is 5.28. The molecule has 104 valence electrons. The molecule has 0 radical (unpaired) electrons. The monoisotopic (exact) mass is 281 g/mol. The van der Waals surface area contributed by atoms with E-state index in [0.29, 0.717) is 11.3 Å². The summed E-state index contributed by atoms with van der Waals surface area (Å²) in [6.45, 7) is 1.65. The Bertz CT molecular complexity index is 827. The van der Waals surface area contributed by atoms with Gasteiger partial charge in [-0.1, -0.05) is 6.07 Å². The van der Waals surface area contributed by atoms with Crippen LogP contribution in [0.4, 0.5) is 10.1 Å². The Kier molecular flexibility index (Phi) is 3.31. The SMILES string of the molecule is Cc1cc(F)cnc1C(=O)Nc1cccc2ncccc12. The van der Waals surface area contributed by atoms with Crippen molar-refractivity contribution in [1.29, 1.82) is 0 Å². The van der Waals surface area contributed by atoms with Crippen LogP contribution in [0.25, 0.3) is 10.9 Å². The lowest BCUT2D eigenvalue weighted by Crippen LogP contribution is -2.15. The van der Waals surface area contributed by atoms with Gasteiger partial charge in [0.15, 0.2) is 0 Å². The van der Waals surface area contributed by atoms with Gasteiger partial charge < -0.3 is 5.32 Å². The molecule has 2 aromatic heterocycles. The molecule has 0 atom stereocenters. The van der Waals surface area contributed by atoms with E-state index in [9.17, 15) is 9.18 Å². The van der Waals surface area contributed by atoms with Crippen molar-refractivity contribution in [2.75, 3.05) is 5.32 Å². The number of hydrogen-bond donors (Lipinski definition) is 1. The average Bonchev–Trinajstić information content (AvgIpc) is 2.47. The van der Waals surface area contributed by atoms with Crippen LogP contribution in [0.1, 0.15) is 16.1 Å². The Hall–Kier alpha value is -2.82. The molecular weight excluding hydrogens is 269 g/mol. The second-order valence-corrected chi connectivity index (χ2v) is 4.65. The van der Waals surface area contributed by atoms with E-state index in [2.05, 4.69) is 15.3 Å². The first-order valence-electron chi connectivity index (χ1n) is 6.42. The van der Waals surface area contributed by atoms with Crippen molar-refractivity contribution >= 4 is 22.5 Å². The van der Waals surface area contributed by atoms with Gasteiger partial charge in [-0.3, -0.25) is 9.78 Å². The maximum absolute atomic E-state index is 13.0. The summed E-state index contributed by atoms with van der Waals surface area (Å²) in [5.41, 5.74) is 2.14. The molecule has 0 aliphatic carbocycles. The highest BCUT2D eigenvalue weighted by molar-refractivity contribution is 6.08. The summed E-state index contributed by atoms with van der Waals surface area (Å²) in [5.74, 6) is -0.831. The van der Waals surface area contributed by atoms with Crippen LogP contribution in [-0.2, 0) is 0 Å². The van der Waals surface area contributed by atoms with E-state index in [4.69, 9.17) is 0 Å². The molecule has 0 saturated heterocycles. The lowest BCUT2D eigenvalue weighted by Gasteiger charge is -2.09. The predicted octanol–water partition coefficient (Wildman–Crippen LogP) is 3.33. The smallest absolute Gasteiger partial charge is 0.274 e. The molecule has 0 bridgehead atoms. The Morgan fingerprint density at radius 2 is 2.05 bits per heavy atom. The van der Waals surface area contributed by atoms with Gasteiger partial charge in [0.05, 0.1) is 17.4 Å². The van der Waals surface area contributed by atoms with Crippen LogP contribution in [0.15, 0.2) is 48.8 Å². The molecule has 0 fully saturated rings. The minimum atomic E-state index is -0.460. The molecule has 0 aliphatic heterocycles. The number of aromatic nitrogens is 2. The zero-order valence-electron chi connectivity index (χ0n) is 11.3. The van der Waals surface area contributed by atoms with Gasteiger partial charge in [-0.25, -0.2) is 9.37 Å². The Balaban J connectivity index is 1.97. The van der Waals surface area contributed by atoms with E-state index in [-0.39, 0.29) is 11.6 Å². The molecule has 0 unspecified atom stereocenters. The zero-order valence-corrected chi connectivity index (χ0v) is 11.3. The van der Waals surface area contributed by atoms with Gasteiger partial charge in [-0.2, -0.15) is 0 Å². The number of nitrogens with zero attached hydrogens (tertiary/aromatic N) is 2. The summed E-state index contributed by atoms with van der Waals surface area (Å²) < 4.78 is 13.0. The Morgan fingerprint density at radius 3 is 2.86 bits per heavy atom. The normalized spacial score (nSPS) is 10.6. The van der Waals surface area contributed by atoms with Crippen molar-refractivity contribution in [2.24, 2.45) is 0 Å². The van der Waals surface area contributed by atoms with Gasteiger partial charge in [0.1, 0.15) is 11.5 Å². The van der Waals surface area contributed by atoms with Gasteiger partial charge in [0, 0.05) is 11.6 Å². The number of pyridine rings is 2. The van der Waals surface area contributed by atoms with E-state index < -0.39 is 5.82 Å². The quantitative estimate of drug-likeness (QED) is 0.784. The summed E-state index contributed by atoms with van der Waals surface area (Å²) in [5, 5.41) is 3.64. The highest BCUT2D eigenvalue weighted by Crippen LogP contribution is 2.22. The lowest BCUT2D eigenvalue weighted by molar-refractivity contribution is 0.102. The fraction of sp³-hybridized carbons (Fsp3) is 0.0625. The molecule has 0 saturated carbocycles. The third-order valence-electron chi connectivity index (χ3n) is 3.15. The number of rotatable bonds is 2. The number of fused-ring (bicyclic) bond motifs is 1. The average molecular weight is 281 g/mol. The van der Waals surface area contributed by atoms with Crippen LogP contribution >= 0.6 is 0 Å². The van der Waals surface area contributed by atoms with Crippen LogP contribution in [0.5, 0.6) is 0 Å². The van der Waals surface area contributed by atoms with Gasteiger partial charge in [0.2, 0.25) is 0 Å². The Morgan fingerprint density at radius 1 is 1.19 bits per heavy atom. The van der Waals surface area contributed by atoms with Crippen LogP contribution in [0.2, 0.25) is 0 Å². The number of anilines is 1. The molecule has 3 aromatic rings. The van der Waals surface area contributed by atoms with Crippen molar-refractivity contribution in [1.82, 2.24) is 9.97 Å². The number of carbonyl (C=O) groups is 1. The number of nitrogens with one attached hydrogen (secondary N) is 1. The van der Waals surface area contributed by atoms with E-state index in [1.54, 1.807) is 25.3 Å². The van der Waals surface area contributed by atoms with Gasteiger partial charge >= 0.3 is 0 Å². The first kappa shape index (κ1) is 13.2. The zero-order chi connectivity index (χ0) is 14.8. The van der Waals surface area contributed by atoms with Crippen LogP contribution in [-0.4, -0.2) is 15.9 Å². The van der Waals surface area contributed by atoms with Crippen LogP contribution < -0.4 is 5.32 Å². The molecule has 4 nitrogen and oxygen atoms in total. The maximum atomic E-state index is 13.0. The first-order valence-corrected chi connectivity index (χ1v) is 6.42. The number of hydrogen-bond acceptors (Lipinski definition) is 3. The molecule has 1 aromatic carbocycles. The maximum Gasteiger partial charge on any atom is 0.274 e. The van der Waals surface area contributed by atoms with Crippen LogP contribution in [0.3, 0.4) is 0 Å². The Labute approximate surface area is 120 Å². The largest absolute Gasteiger partial charge is 0.320 e. The molecule has 0 spiro atoms. The topological polar surface area (TPSA) is 54.9 Å². The number of amides is 1. The van der Waals surface area contributed by atoms with Gasteiger partial charge in [-0.05, 0) is 42.8 Å². The fourth-order valence-electron chi connectivity index (χ4n) is 2.17. The predicted molar refractivity (Wildman–Crippen MR) is 78.6 cm³/mol. The standard InChI is InChI=1S/C16H12FN3O/c1-10-8-11(17)9-19-15(10)16(21)20-14-6-2-5-13-12(14)4-3-7-18-13/h2-9H,1H3,(H,20,21). The number of carbonyl (C=O) groups excluding carboxylic acids is 1. The van der Waals surface area contributed by atoms with Crippen molar-refractivity contribution < 1.29 is 9.18 Å².